The number of rotatable bonds is 0. The molecule has 0 spiro atoms. The smallest absolute Gasteiger partial charge is 0.0466 e. The van der Waals surface area contributed by atoms with Crippen LogP contribution >= 0.6 is 0 Å². The molecule has 0 aromatic heterocycles. The third-order valence-corrected chi connectivity index (χ3v) is 1.08. The van der Waals surface area contributed by atoms with E-state index >= 15 is 0 Å². The number of hydrogen-bond donors (Lipinski definition) is 1. The van der Waals surface area contributed by atoms with Gasteiger partial charge in [-0.1, -0.05) is 13.8 Å². The van der Waals surface area contributed by atoms with Gasteiger partial charge in [0.25, 0.3) is 0 Å². The minimum atomic E-state index is 0.333. The zero-order valence-electron chi connectivity index (χ0n) is 7.10. The molecule has 0 atom stereocenters. The van der Waals surface area contributed by atoms with Gasteiger partial charge in [-0.15, -0.1) is 0 Å². The van der Waals surface area contributed by atoms with Gasteiger partial charge >= 0.3 is 0 Å². The van der Waals surface area contributed by atoms with E-state index in [1.165, 1.54) is 19.3 Å². The van der Waals surface area contributed by atoms with E-state index in [0.717, 1.165) is 13.2 Å². The van der Waals surface area contributed by atoms with E-state index in [9.17, 15) is 0 Å². The summed E-state index contributed by atoms with van der Waals surface area (Å²) in [4.78, 5) is 0. The molecule has 10 heavy (non-hydrogen) atoms. The van der Waals surface area contributed by atoms with Crippen LogP contribution in [0.25, 0.3) is 0 Å². The van der Waals surface area contributed by atoms with E-state index in [1.807, 2.05) is 13.8 Å². The predicted octanol–water partition coefficient (Wildman–Crippen LogP) is 1.54. The molecule has 1 saturated heterocycles. The first-order valence-corrected chi connectivity index (χ1v) is 4.07. The molecular weight excluding hydrogens is 126 g/mol. The van der Waals surface area contributed by atoms with Crippen molar-refractivity contribution in [3.05, 3.63) is 0 Å². The summed E-state index contributed by atoms with van der Waals surface area (Å²) in [6.45, 7) is 5.89. The molecule has 2 nitrogen and oxygen atoms in total. The first-order valence-electron chi connectivity index (χ1n) is 4.07. The van der Waals surface area contributed by atoms with Crippen molar-refractivity contribution in [2.75, 3.05) is 13.2 Å². The second-order valence-electron chi connectivity index (χ2n) is 2.92. The van der Waals surface area contributed by atoms with Gasteiger partial charge in [0, 0.05) is 13.2 Å². The average Bonchev–Trinajstić information content (AvgIpc) is 1.90. The lowest BCUT2D eigenvalue weighted by molar-refractivity contribution is 0.0968. The van der Waals surface area contributed by atoms with Gasteiger partial charge in [-0.2, -0.15) is 0 Å². The van der Waals surface area contributed by atoms with Gasteiger partial charge < -0.3 is 10.5 Å². The summed E-state index contributed by atoms with van der Waals surface area (Å²) in [5, 5.41) is 0. The molecule has 2 heteroatoms. The number of hydrogen-bond acceptors (Lipinski definition) is 2. The highest BCUT2D eigenvalue weighted by atomic mass is 16.5. The van der Waals surface area contributed by atoms with Gasteiger partial charge in [0.2, 0.25) is 0 Å². The summed E-state index contributed by atoms with van der Waals surface area (Å²) in [6, 6.07) is 0.333. The fraction of sp³-hybridized carbons (Fsp3) is 1.00. The van der Waals surface area contributed by atoms with Gasteiger partial charge in [-0.05, 0) is 25.3 Å². The molecule has 1 heterocycles. The van der Waals surface area contributed by atoms with Crippen LogP contribution in [0.3, 0.4) is 0 Å². The van der Waals surface area contributed by atoms with E-state index < -0.39 is 0 Å². The van der Waals surface area contributed by atoms with Crippen LogP contribution < -0.4 is 5.73 Å². The molecule has 62 valence electrons. The summed E-state index contributed by atoms with van der Waals surface area (Å²) in [6.07, 6.45) is 3.93. The molecule has 1 aliphatic rings. The lowest BCUT2D eigenvalue weighted by Gasteiger charge is -2.08. The van der Waals surface area contributed by atoms with Crippen molar-refractivity contribution in [1.82, 2.24) is 0 Å². The maximum absolute atomic E-state index is 5.11. The molecule has 0 aromatic carbocycles. The van der Waals surface area contributed by atoms with Crippen molar-refractivity contribution in [1.29, 1.82) is 0 Å². The Labute approximate surface area is 63.7 Å². The first-order chi connectivity index (χ1) is 4.73. The summed E-state index contributed by atoms with van der Waals surface area (Å²) >= 11 is 0. The van der Waals surface area contributed by atoms with Crippen molar-refractivity contribution < 1.29 is 4.74 Å². The predicted molar refractivity (Wildman–Crippen MR) is 44.0 cm³/mol. The zero-order chi connectivity index (χ0) is 7.82. The Morgan fingerprint density at radius 1 is 1.10 bits per heavy atom. The second kappa shape index (κ2) is 7.03. The molecule has 0 unspecified atom stereocenters. The molecule has 0 radical (unpaired) electrons. The number of ether oxygens (including phenoxy) is 1. The van der Waals surface area contributed by atoms with Crippen molar-refractivity contribution in [3.8, 4) is 0 Å². The van der Waals surface area contributed by atoms with Crippen LogP contribution in [0.2, 0.25) is 0 Å². The third-order valence-electron chi connectivity index (χ3n) is 1.08. The normalized spacial score (nSPS) is 18.0. The molecule has 0 amide bonds. The van der Waals surface area contributed by atoms with Crippen molar-refractivity contribution >= 4 is 0 Å². The summed E-state index contributed by atoms with van der Waals surface area (Å²) < 4.78 is 5.07. The van der Waals surface area contributed by atoms with Crippen LogP contribution in [0.15, 0.2) is 0 Å². The van der Waals surface area contributed by atoms with E-state index in [0.29, 0.717) is 6.04 Å². The summed E-state index contributed by atoms with van der Waals surface area (Å²) in [5.41, 5.74) is 5.11. The summed E-state index contributed by atoms with van der Waals surface area (Å²) in [7, 11) is 0. The Balaban J connectivity index is 0.000000180. The fourth-order valence-electron chi connectivity index (χ4n) is 0.687. The average molecular weight is 145 g/mol. The third kappa shape index (κ3) is 10.8. The Morgan fingerprint density at radius 3 is 1.60 bits per heavy atom. The molecule has 1 rings (SSSR count). The minimum Gasteiger partial charge on any atom is -0.381 e. The minimum absolute atomic E-state index is 0.333. The maximum Gasteiger partial charge on any atom is 0.0466 e. The molecule has 0 bridgehead atoms. The molecule has 2 N–H and O–H groups in total. The fourth-order valence-corrected chi connectivity index (χ4v) is 0.687. The van der Waals surface area contributed by atoms with Gasteiger partial charge in [-0.3, -0.25) is 0 Å². The molecule has 0 aromatic rings. The molecule has 1 aliphatic heterocycles. The quantitative estimate of drug-likeness (QED) is 0.561. The van der Waals surface area contributed by atoms with E-state index in [-0.39, 0.29) is 0 Å². The van der Waals surface area contributed by atoms with Crippen molar-refractivity contribution in [2.24, 2.45) is 5.73 Å². The van der Waals surface area contributed by atoms with Crippen LogP contribution in [-0.4, -0.2) is 19.3 Å². The molecular formula is C8H19NO. The monoisotopic (exact) mass is 145 g/mol. The molecule has 0 saturated carbocycles. The zero-order valence-corrected chi connectivity index (χ0v) is 7.10. The van der Waals surface area contributed by atoms with Crippen LogP contribution in [0, 0.1) is 0 Å². The maximum atomic E-state index is 5.11. The topological polar surface area (TPSA) is 35.2 Å². The Hall–Kier alpha value is -0.0800. The van der Waals surface area contributed by atoms with E-state index in [2.05, 4.69) is 0 Å². The van der Waals surface area contributed by atoms with Crippen LogP contribution in [0.4, 0.5) is 0 Å². The van der Waals surface area contributed by atoms with E-state index in [1.54, 1.807) is 0 Å². The Kier molecular flexibility index (Phi) is 6.98. The Morgan fingerprint density at radius 2 is 1.50 bits per heavy atom. The van der Waals surface area contributed by atoms with Gasteiger partial charge in [0.1, 0.15) is 0 Å². The van der Waals surface area contributed by atoms with Crippen molar-refractivity contribution in [3.63, 3.8) is 0 Å². The van der Waals surface area contributed by atoms with Gasteiger partial charge in [0.15, 0.2) is 0 Å². The van der Waals surface area contributed by atoms with Crippen molar-refractivity contribution in [2.45, 2.75) is 39.2 Å². The Bertz CT molecular complexity index is 46.0. The second-order valence-corrected chi connectivity index (χ2v) is 2.92. The van der Waals surface area contributed by atoms with E-state index in [4.69, 9.17) is 10.5 Å². The summed E-state index contributed by atoms with van der Waals surface area (Å²) in [5.74, 6) is 0. The largest absolute Gasteiger partial charge is 0.381 e. The molecule has 1 fully saturated rings. The molecule has 0 aliphatic carbocycles. The number of nitrogens with two attached hydrogens (primary N) is 1. The SMILES string of the molecule is C1CCOCC1.CC(C)N. The lowest BCUT2D eigenvalue weighted by Crippen LogP contribution is -2.06. The van der Waals surface area contributed by atoms with Crippen LogP contribution in [0.5, 0.6) is 0 Å². The highest BCUT2D eigenvalue weighted by molar-refractivity contribution is 4.45. The highest BCUT2D eigenvalue weighted by Gasteiger charge is 1.94. The highest BCUT2D eigenvalue weighted by Crippen LogP contribution is 2.02. The van der Waals surface area contributed by atoms with Gasteiger partial charge in [0.05, 0.1) is 0 Å². The van der Waals surface area contributed by atoms with Crippen LogP contribution in [0.1, 0.15) is 33.1 Å². The lowest BCUT2D eigenvalue weighted by atomic mass is 10.2. The first kappa shape index (κ1) is 9.92. The van der Waals surface area contributed by atoms with Crippen LogP contribution in [-0.2, 0) is 4.74 Å². The van der Waals surface area contributed by atoms with Gasteiger partial charge in [-0.25, -0.2) is 0 Å². The standard InChI is InChI=1S/C5H10O.C3H9N/c1-2-4-6-5-3-1;1-3(2)4/h1-5H2;3H,4H2,1-2H3.